The molecule has 5 rings (SSSR count). The first kappa shape index (κ1) is 28.1. The quantitative estimate of drug-likeness (QED) is 0.133. The number of sulfonamides is 1. The van der Waals surface area contributed by atoms with Crippen LogP contribution in [0.2, 0.25) is 0 Å². The molecule has 3 aromatic rings. The molecule has 2 aliphatic rings. The molecular weight excluding hydrogens is 528 g/mol. The lowest BCUT2D eigenvalue weighted by Gasteiger charge is -2.31. The van der Waals surface area contributed by atoms with E-state index < -0.39 is 10.0 Å². The van der Waals surface area contributed by atoms with Crippen LogP contribution in [0.5, 0.6) is 5.75 Å². The monoisotopic (exact) mass is 564 g/mol. The van der Waals surface area contributed by atoms with Gasteiger partial charge in [-0.15, -0.1) is 0 Å². The van der Waals surface area contributed by atoms with Gasteiger partial charge >= 0.3 is 11.9 Å². The third kappa shape index (κ3) is 6.31. The van der Waals surface area contributed by atoms with Crippen molar-refractivity contribution in [3.8, 4) is 17.0 Å². The zero-order valence-electron chi connectivity index (χ0n) is 22.9. The van der Waals surface area contributed by atoms with Gasteiger partial charge in [0.15, 0.2) is 0 Å². The van der Waals surface area contributed by atoms with Crippen molar-refractivity contribution in [3.63, 3.8) is 0 Å². The van der Waals surface area contributed by atoms with Crippen molar-refractivity contribution in [2.45, 2.75) is 62.8 Å². The summed E-state index contributed by atoms with van der Waals surface area (Å²) in [5, 5.41) is 0.910. The smallest absolute Gasteiger partial charge is 0.308 e. The van der Waals surface area contributed by atoms with E-state index in [0.717, 1.165) is 60.7 Å². The number of benzene rings is 2. The van der Waals surface area contributed by atoms with Crippen LogP contribution in [-0.2, 0) is 24.3 Å². The maximum absolute atomic E-state index is 13.5. The van der Waals surface area contributed by atoms with Crippen molar-refractivity contribution in [2.24, 2.45) is 17.8 Å². The summed E-state index contributed by atoms with van der Waals surface area (Å²) >= 11 is 0. The highest BCUT2D eigenvalue weighted by Crippen LogP contribution is 2.50. The predicted octanol–water partition coefficient (Wildman–Crippen LogP) is 5.74. The van der Waals surface area contributed by atoms with E-state index in [-0.39, 0.29) is 28.8 Å². The average Bonchev–Trinajstić information content (AvgIpc) is 3.65. The number of carbonyl (C=O) groups is 2. The summed E-state index contributed by atoms with van der Waals surface area (Å²) in [6, 6.07) is 14.2. The number of H-pyrrole nitrogens is 1. The number of hydrogen-bond acceptors (Lipinski definition) is 6. The largest absolute Gasteiger partial charge is 0.469 e. The number of methoxy groups -OCH3 is 1. The van der Waals surface area contributed by atoms with Gasteiger partial charge in [-0.3, -0.25) is 9.59 Å². The minimum absolute atomic E-state index is 0.0749. The summed E-state index contributed by atoms with van der Waals surface area (Å²) < 4.78 is 39.9. The molecule has 2 fully saturated rings. The molecule has 8 nitrogen and oxygen atoms in total. The second kappa shape index (κ2) is 12.0. The molecule has 0 radical (unpaired) electrons. The van der Waals surface area contributed by atoms with Gasteiger partial charge in [-0.1, -0.05) is 18.2 Å². The van der Waals surface area contributed by atoms with Crippen LogP contribution in [0.3, 0.4) is 0 Å². The van der Waals surface area contributed by atoms with Crippen LogP contribution in [-0.4, -0.2) is 38.5 Å². The van der Waals surface area contributed by atoms with Crippen LogP contribution in [0.4, 0.5) is 0 Å². The molecule has 2 saturated carbocycles. The van der Waals surface area contributed by atoms with Gasteiger partial charge in [0.1, 0.15) is 5.75 Å². The van der Waals surface area contributed by atoms with Crippen LogP contribution in [0.25, 0.3) is 22.2 Å². The van der Waals surface area contributed by atoms with E-state index >= 15 is 0 Å². The minimum atomic E-state index is -3.71. The van der Waals surface area contributed by atoms with E-state index in [1.54, 1.807) is 24.3 Å². The molecule has 1 aromatic heterocycles. The molecule has 1 heterocycles. The third-order valence-corrected chi connectivity index (χ3v) is 9.72. The Bertz CT molecular complexity index is 1510. The number of aromatic amines is 1. The van der Waals surface area contributed by atoms with E-state index in [1.165, 1.54) is 14.0 Å². The SMILES string of the molecule is COC(=O)CCC/C=C\C[C@@H]1[C@H]2CC[C@H](C2)[C@H]1NS(=O)(=O)c1ccc2cc(-c3ccc(OC(C)=O)cc3)[nH]c2c1. The molecule has 0 amide bonds. The predicted molar refractivity (Wildman–Crippen MR) is 153 cm³/mol. The Hall–Kier alpha value is -3.43. The van der Waals surface area contributed by atoms with Crippen molar-refractivity contribution in [1.29, 1.82) is 0 Å². The second-order valence-electron chi connectivity index (χ2n) is 10.9. The Kier molecular flexibility index (Phi) is 8.42. The third-order valence-electron chi connectivity index (χ3n) is 8.27. The minimum Gasteiger partial charge on any atom is -0.469 e. The standard InChI is InChI=1S/C31H36N2O6S/c1-20(34)39-25-14-11-21(12-15-25)28-18-23-13-16-26(19-29(23)32-28)40(36,37)33-31-24-10-9-22(17-24)27(31)7-5-3-4-6-8-30(35)38-2/h3,5,11-16,18-19,22,24,27,31-33H,4,6-10,17H2,1-2H3/b5-3-/t22-,24+,27+,31+/m0/s1. The second-order valence-corrected chi connectivity index (χ2v) is 12.6. The van der Waals surface area contributed by atoms with Gasteiger partial charge in [-0.2, -0.15) is 0 Å². The Morgan fingerprint density at radius 1 is 1.05 bits per heavy atom. The molecule has 2 aliphatic carbocycles. The topological polar surface area (TPSA) is 115 Å². The van der Waals surface area contributed by atoms with Gasteiger partial charge in [0, 0.05) is 36.0 Å². The number of nitrogens with one attached hydrogen (secondary N) is 2. The highest BCUT2D eigenvalue weighted by atomic mass is 32.2. The molecule has 40 heavy (non-hydrogen) atoms. The summed E-state index contributed by atoms with van der Waals surface area (Å²) in [5.74, 6) is 1.09. The van der Waals surface area contributed by atoms with E-state index in [4.69, 9.17) is 4.74 Å². The van der Waals surface area contributed by atoms with Gasteiger partial charge < -0.3 is 14.5 Å². The molecule has 4 atom stereocenters. The molecule has 0 aliphatic heterocycles. The molecule has 9 heteroatoms. The molecule has 2 bridgehead atoms. The summed E-state index contributed by atoms with van der Waals surface area (Å²) in [5.41, 5.74) is 2.48. The Morgan fingerprint density at radius 3 is 2.58 bits per heavy atom. The van der Waals surface area contributed by atoms with E-state index in [2.05, 4.69) is 26.6 Å². The number of rotatable bonds is 11. The zero-order chi connectivity index (χ0) is 28.3. The van der Waals surface area contributed by atoms with E-state index in [1.807, 2.05) is 24.3 Å². The number of allylic oxidation sites excluding steroid dienone is 2. The maximum Gasteiger partial charge on any atom is 0.308 e. The number of fused-ring (bicyclic) bond motifs is 3. The number of carbonyl (C=O) groups excluding carboxylic acids is 2. The van der Waals surface area contributed by atoms with E-state index in [9.17, 15) is 18.0 Å². The highest BCUT2D eigenvalue weighted by molar-refractivity contribution is 7.89. The summed E-state index contributed by atoms with van der Waals surface area (Å²) in [4.78, 5) is 26.0. The van der Waals surface area contributed by atoms with Crippen LogP contribution >= 0.6 is 0 Å². The maximum atomic E-state index is 13.5. The van der Waals surface area contributed by atoms with E-state index in [0.29, 0.717) is 24.0 Å². The first-order chi connectivity index (χ1) is 19.2. The number of aromatic nitrogens is 1. The zero-order valence-corrected chi connectivity index (χ0v) is 23.7. The van der Waals surface area contributed by atoms with Gasteiger partial charge in [-0.05, 0) is 104 Å². The van der Waals surface area contributed by atoms with Crippen molar-refractivity contribution in [1.82, 2.24) is 9.71 Å². The number of unbranched alkanes of at least 4 members (excludes halogenated alkanes) is 1. The van der Waals surface area contributed by atoms with Gasteiger partial charge in [0.25, 0.3) is 0 Å². The summed E-state index contributed by atoms with van der Waals surface area (Å²) in [6.07, 6.45) is 10.3. The Labute approximate surface area is 235 Å². The molecule has 212 valence electrons. The summed E-state index contributed by atoms with van der Waals surface area (Å²) in [7, 11) is -2.31. The molecular formula is C31H36N2O6S. The molecule has 0 unspecified atom stereocenters. The van der Waals surface area contributed by atoms with Crippen molar-refractivity contribution < 1.29 is 27.5 Å². The lowest BCUT2D eigenvalue weighted by Crippen LogP contribution is -2.43. The van der Waals surface area contributed by atoms with Crippen LogP contribution in [0.1, 0.15) is 51.9 Å². The van der Waals surface area contributed by atoms with Crippen molar-refractivity contribution in [2.75, 3.05) is 7.11 Å². The first-order valence-electron chi connectivity index (χ1n) is 13.9. The van der Waals surface area contributed by atoms with Crippen LogP contribution in [0.15, 0.2) is 65.6 Å². The van der Waals surface area contributed by atoms with Crippen LogP contribution in [0, 0.1) is 17.8 Å². The van der Waals surface area contributed by atoms with Crippen LogP contribution < -0.4 is 9.46 Å². The summed E-state index contributed by atoms with van der Waals surface area (Å²) in [6.45, 7) is 1.36. The normalized spacial score (nSPS) is 22.2. The lowest BCUT2D eigenvalue weighted by atomic mass is 9.83. The van der Waals surface area contributed by atoms with Gasteiger partial charge in [0.2, 0.25) is 10.0 Å². The van der Waals surface area contributed by atoms with Crippen molar-refractivity contribution in [3.05, 3.63) is 60.7 Å². The fraction of sp³-hybridized carbons (Fsp3) is 0.419. The highest BCUT2D eigenvalue weighted by Gasteiger charge is 2.48. The number of hydrogen-bond donors (Lipinski definition) is 2. The molecule has 2 N–H and O–H groups in total. The number of esters is 2. The van der Waals surface area contributed by atoms with Crippen molar-refractivity contribution >= 4 is 32.9 Å². The first-order valence-corrected chi connectivity index (χ1v) is 15.4. The molecule has 0 spiro atoms. The Morgan fingerprint density at radius 2 is 1.82 bits per heavy atom. The fourth-order valence-electron chi connectivity index (χ4n) is 6.32. The van der Waals surface area contributed by atoms with Gasteiger partial charge in [0.05, 0.1) is 12.0 Å². The Balaban J connectivity index is 1.26. The molecule has 2 aromatic carbocycles. The molecule has 0 saturated heterocycles. The fourth-order valence-corrected chi connectivity index (χ4v) is 7.70. The van der Waals surface area contributed by atoms with Gasteiger partial charge in [-0.25, -0.2) is 13.1 Å². The average molecular weight is 565 g/mol. The number of ether oxygens (including phenoxy) is 2. The lowest BCUT2D eigenvalue weighted by molar-refractivity contribution is -0.140.